The predicted octanol–water partition coefficient (Wildman–Crippen LogP) is 0.544. The van der Waals surface area contributed by atoms with Crippen LogP contribution in [0.15, 0.2) is 24.7 Å². The number of nitrogens with zero attached hydrogens (tertiary/aromatic N) is 4. The fourth-order valence-corrected chi connectivity index (χ4v) is 2.39. The van der Waals surface area contributed by atoms with Crippen LogP contribution >= 0.6 is 0 Å². The molecule has 1 saturated heterocycles. The van der Waals surface area contributed by atoms with Gasteiger partial charge in [0.1, 0.15) is 0 Å². The Bertz CT molecular complexity index is 477. The third-order valence-electron chi connectivity index (χ3n) is 3.30. The quantitative estimate of drug-likeness (QED) is 0.839. The minimum absolute atomic E-state index is 0.295. The molecule has 1 fully saturated rings. The molecule has 3 rings (SSSR count). The monoisotopic (exact) mass is 232 g/mol. The number of aliphatic hydroxyl groups is 1. The van der Waals surface area contributed by atoms with Crippen molar-refractivity contribution < 1.29 is 5.11 Å². The summed E-state index contributed by atoms with van der Waals surface area (Å²) in [5.41, 5.74) is 1.04. The number of hydrogen-bond donors (Lipinski definition) is 1. The van der Waals surface area contributed by atoms with E-state index >= 15 is 0 Å². The van der Waals surface area contributed by atoms with Gasteiger partial charge in [0.2, 0.25) is 5.78 Å². The summed E-state index contributed by atoms with van der Waals surface area (Å²) in [7, 11) is 0. The van der Waals surface area contributed by atoms with Crippen LogP contribution < -0.4 is 0 Å². The van der Waals surface area contributed by atoms with Gasteiger partial charge in [-0.1, -0.05) is 0 Å². The van der Waals surface area contributed by atoms with Crippen LogP contribution in [-0.2, 0) is 6.54 Å². The lowest BCUT2D eigenvalue weighted by molar-refractivity contribution is 0.219. The maximum atomic E-state index is 9.11. The maximum Gasteiger partial charge on any atom is 0.233 e. The highest BCUT2D eigenvalue weighted by Gasteiger charge is 2.22. The largest absolute Gasteiger partial charge is 0.396 e. The third kappa shape index (κ3) is 2.16. The van der Waals surface area contributed by atoms with E-state index in [2.05, 4.69) is 14.9 Å². The van der Waals surface area contributed by atoms with Gasteiger partial charge in [0, 0.05) is 38.3 Å². The lowest BCUT2D eigenvalue weighted by Gasteiger charge is -2.13. The van der Waals surface area contributed by atoms with Crippen molar-refractivity contribution in [3.05, 3.63) is 30.4 Å². The number of hydrogen-bond acceptors (Lipinski definition) is 4. The van der Waals surface area contributed by atoms with Gasteiger partial charge >= 0.3 is 0 Å². The zero-order valence-corrected chi connectivity index (χ0v) is 9.66. The van der Waals surface area contributed by atoms with Crippen LogP contribution in [0.4, 0.5) is 0 Å². The van der Waals surface area contributed by atoms with Crippen molar-refractivity contribution in [2.45, 2.75) is 13.0 Å². The summed E-state index contributed by atoms with van der Waals surface area (Å²) in [5.74, 6) is 1.19. The highest BCUT2D eigenvalue weighted by molar-refractivity contribution is 5.29. The van der Waals surface area contributed by atoms with Crippen LogP contribution in [-0.4, -0.2) is 44.1 Å². The molecule has 3 heterocycles. The highest BCUT2D eigenvalue weighted by atomic mass is 16.3. The first kappa shape index (κ1) is 10.7. The third-order valence-corrected chi connectivity index (χ3v) is 3.30. The molecule has 1 aliphatic rings. The Hall–Kier alpha value is -1.46. The van der Waals surface area contributed by atoms with Crippen LogP contribution in [0, 0.1) is 5.92 Å². The van der Waals surface area contributed by atoms with Crippen LogP contribution in [0.1, 0.15) is 12.1 Å². The minimum atomic E-state index is 0.295. The normalized spacial score (nSPS) is 21.4. The Morgan fingerprint density at radius 3 is 3.18 bits per heavy atom. The molecule has 0 amide bonds. The fourth-order valence-electron chi connectivity index (χ4n) is 2.39. The molecule has 1 N–H and O–H groups in total. The van der Waals surface area contributed by atoms with Gasteiger partial charge in [-0.05, 0) is 24.9 Å². The number of fused-ring (bicyclic) bond motifs is 1. The molecule has 1 unspecified atom stereocenters. The first-order valence-corrected chi connectivity index (χ1v) is 5.97. The second-order valence-corrected chi connectivity index (χ2v) is 4.63. The van der Waals surface area contributed by atoms with Crippen molar-refractivity contribution >= 4 is 5.78 Å². The van der Waals surface area contributed by atoms with E-state index in [1.807, 2.05) is 22.9 Å². The zero-order valence-electron chi connectivity index (χ0n) is 9.66. The van der Waals surface area contributed by atoms with Crippen LogP contribution in [0.3, 0.4) is 0 Å². The lowest BCUT2D eigenvalue weighted by atomic mass is 10.1. The van der Waals surface area contributed by atoms with Gasteiger partial charge in [0.25, 0.3) is 0 Å². The van der Waals surface area contributed by atoms with Crippen molar-refractivity contribution in [2.75, 3.05) is 19.7 Å². The van der Waals surface area contributed by atoms with Crippen LogP contribution in [0.25, 0.3) is 5.78 Å². The molecule has 0 saturated carbocycles. The van der Waals surface area contributed by atoms with Crippen molar-refractivity contribution in [2.24, 2.45) is 5.92 Å². The van der Waals surface area contributed by atoms with Gasteiger partial charge in [-0.15, -0.1) is 0 Å². The molecule has 0 spiro atoms. The van der Waals surface area contributed by atoms with E-state index in [1.165, 1.54) is 0 Å². The Balaban J connectivity index is 1.73. The predicted molar refractivity (Wildman–Crippen MR) is 63.5 cm³/mol. The summed E-state index contributed by atoms with van der Waals surface area (Å²) in [6, 6.07) is 1.90. The number of likely N-dealkylation sites (tertiary alicyclic amines) is 1. The second kappa shape index (κ2) is 4.43. The molecule has 5 heteroatoms. The number of rotatable bonds is 3. The van der Waals surface area contributed by atoms with Crippen molar-refractivity contribution in [1.82, 2.24) is 19.3 Å². The smallest absolute Gasteiger partial charge is 0.233 e. The average molecular weight is 232 g/mol. The molecule has 0 aliphatic carbocycles. The van der Waals surface area contributed by atoms with Gasteiger partial charge in [-0.2, -0.15) is 0 Å². The van der Waals surface area contributed by atoms with Gasteiger partial charge in [-0.3, -0.25) is 9.30 Å². The molecule has 2 aromatic rings. The number of aromatic nitrogens is 3. The van der Waals surface area contributed by atoms with Crippen molar-refractivity contribution in [3.63, 3.8) is 0 Å². The molecule has 90 valence electrons. The molecule has 5 nitrogen and oxygen atoms in total. The molecule has 0 bridgehead atoms. The van der Waals surface area contributed by atoms with Crippen LogP contribution in [0.5, 0.6) is 0 Å². The van der Waals surface area contributed by atoms with Gasteiger partial charge in [-0.25, -0.2) is 9.97 Å². The van der Waals surface area contributed by atoms with E-state index in [9.17, 15) is 0 Å². The van der Waals surface area contributed by atoms with Crippen molar-refractivity contribution in [3.8, 4) is 0 Å². The SMILES string of the molecule is OCC1CCN(Cc2cn3cccnc3n2)C1. The Kier molecular flexibility index (Phi) is 2.78. The Labute approximate surface area is 99.7 Å². The van der Waals surface area contributed by atoms with E-state index in [0.29, 0.717) is 12.5 Å². The molecule has 0 aromatic carbocycles. The maximum absolute atomic E-state index is 9.11. The highest BCUT2D eigenvalue weighted by Crippen LogP contribution is 2.17. The molecule has 1 atom stereocenters. The van der Waals surface area contributed by atoms with Crippen molar-refractivity contribution in [1.29, 1.82) is 0 Å². The lowest BCUT2D eigenvalue weighted by Crippen LogP contribution is -2.21. The van der Waals surface area contributed by atoms with E-state index in [1.54, 1.807) is 6.20 Å². The summed E-state index contributed by atoms with van der Waals surface area (Å²) in [5, 5.41) is 9.11. The molecular formula is C12H16N4O. The summed E-state index contributed by atoms with van der Waals surface area (Å²) in [6.45, 7) is 3.16. The first-order chi connectivity index (χ1) is 8.35. The zero-order chi connectivity index (χ0) is 11.7. The van der Waals surface area contributed by atoms with E-state index < -0.39 is 0 Å². The second-order valence-electron chi connectivity index (χ2n) is 4.63. The Morgan fingerprint density at radius 1 is 1.47 bits per heavy atom. The van der Waals surface area contributed by atoms with Crippen LogP contribution in [0.2, 0.25) is 0 Å². The molecule has 2 aromatic heterocycles. The fraction of sp³-hybridized carbons (Fsp3) is 0.500. The number of imidazole rings is 1. The first-order valence-electron chi connectivity index (χ1n) is 5.97. The minimum Gasteiger partial charge on any atom is -0.396 e. The molecule has 1 aliphatic heterocycles. The van der Waals surface area contributed by atoms with E-state index in [0.717, 1.165) is 37.5 Å². The topological polar surface area (TPSA) is 53.7 Å². The van der Waals surface area contributed by atoms with Gasteiger partial charge in [0.05, 0.1) is 5.69 Å². The Morgan fingerprint density at radius 2 is 2.41 bits per heavy atom. The van der Waals surface area contributed by atoms with E-state index in [-0.39, 0.29) is 0 Å². The summed E-state index contributed by atoms with van der Waals surface area (Å²) in [6.07, 6.45) is 6.82. The molecule has 17 heavy (non-hydrogen) atoms. The summed E-state index contributed by atoms with van der Waals surface area (Å²) in [4.78, 5) is 11.0. The molecule has 0 radical (unpaired) electrons. The number of aliphatic hydroxyl groups excluding tert-OH is 1. The summed E-state index contributed by atoms with van der Waals surface area (Å²) < 4.78 is 1.94. The standard InChI is InChI=1S/C12H16N4O/c17-9-10-2-5-15(6-10)7-11-8-16-4-1-3-13-12(16)14-11/h1,3-4,8,10,17H,2,5-7,9H2. The molecular weight excluding hydrogens is 216 g/mol. The summed E-state index contributed by atoms with van der Waals surface area (Å²) >= 11 is 0. The van der Waals surface area contributed by atoms with E-state index in [4.69, 9.17) is 5.11 Å². The van der Waals surface area contributed by atoms with Gasteiger partial charge in [0.15, 0.2) is 0 Å². The van der Waals surface area contributed by atoms with Gasteiger partial charge < -0.3 is 5.11 Å². The average Bonchev–Trinajstić information content (AvgIpc) is 2.94.